The largest absolute Gasteiger partial charge is 0.325 e. The Morgan fingerprint density at radius 2 is 1.77 bits per heavy atom. The Labute approximate surface area is 159 Å². The zero-order valence-corrected chi connectivity index (χ0v) is 17.2. The molecule has 0 fully saturated rings. The highest BCUT2D eigenvalue weighted by molar-refractivity contribution is 7.98. The van der Waals surface area contributed by atoms with Gasteiger partial charge >= 0.3 is 0 Å². The average Bonchev–Trinajstić information content (AvgIpc) is 2.56. The number of benzene rings is 2. The van der Waals surface area contributed by atoms with Gasteiger partial charge in [0.05, 0.1) is 10.6 Å². The van der Waals surface area contributed by atoms with E-state index in [-0.39, 0.29) is 16.8 Å². The van der Waals surface area contributed by atoms with Crippen molar-refractivity contribution in [2.24, 2.45) is 0 Å². The maximum Gasteiger partial charge on any atom is 0.241 e. The van der Waals surface area contributed by atoms with Crippen molar-refractivity contribution < 1.29 is 13.2 Å². The SMILES string of the molecule is CSc1ccc(S(=O)(=O)N[C@@H](C)c2ccc(C)c(C)c2)cc1NC(C)=O. The number of sulfonamides is 1. The Morgan fingerprint density at radius 1 is 1.08 bits per heavy atom. The molecule has 1 atom stereocenters. The molecule has 0 radical (unpaired) electrons. The van der Waals surface area contributed by atoms with E-state index in [1.54, 1.807) is 12.1 Å². The number of hydrogen-bond donors (Lipinski definition) is 2. The van der Waals surface area contributed by atoms with Crippen molar-refractivity contribution in [1.82, 2.24) is 4.72 Å². The molecule has 0 aromatic heterocycles. The third-order valence-corrected chi connectivity index (χ3v) is 6.49. The van der Waals surface area contributed by atoms with E-state index >= 15 is 0 Å². The summed E-state index contributed by atoms with van der Waals surface area (Å²) in [5, 5.41) is 2.68. The molecule has 2 aromatic carbocycles. The standard InChI is InChI=1S/C19H24N2O3S2/c1-12-6-7-16(10-13(12)2)14(3)21-26(23,24)17-8-9-19(25-5)18(11-17)20-15(4)22/h6-11,14,21H,1-5H3,(H,20,22)/t14-/m0/s1. The van der Waals surface area contributed by atoms with Crippen LogP contribution in [-0.4, -0.2) is 20.6 Å². The summed E-state index contributed by atoms with van der Waals surface area (Å²) in [7, 11) is -3.72. The van der Waals surface area contributed by atoms with E-state index in [2.05, 4.69) is 10.0 Å². The van der Waals surface area contributed by atoms with Gasteiger partial charge < -0.3 is 5.32 Å². The van der Waals surface area contributed by atoms with Crippen LogP contribution in [0.4, 0.5) is 5.69 Å². The average molecular weight is 393 g/mol. The first-order chi connectivity index (χ1) is 12.1. The zero-order valence-electron chi connectivity index (χ0n) is 15.6. The van der Waals surface area contributed by atoms with Gasteiger partial charge in [-0.1, -0.05) is 18.2 Å². The Balaban J connectivity index is 2.31. The first kappa shape index (κ1) is 20.5. The molecule has 140 valence electrons. The second-order valence-electron chi connectivity index (χ2n) is 6.23. The highest BCUT2D eigenvalue weighted by atomic mass is 32.2. The number of rotatable bonds is 6. The highest BCUT2D eigenvalue weighted by Gasteiger charge is 2.20. The second-order valence-corrected chi connectivity index (χ2v) is 8.79. The topological polar surface area (TPSA) is 75.3 Å². The number of carbonyl (C=O) groups is 1. The van der Waals surface area contributed by atoms with Gasteiger partial charge in [-0.2, -0.15) is 0 Å². The summed E-state index contributed by atoms with van der Waals surface area (Å²) >= 11 is 1.44. The smallest absolute Gasteiger partial charge is 0.241 e. The molecule has 0 aliphatic heterocycles. The molecule has 0 aliphatic carbocycles. The van der Waals surface area contributed by atoms with Crippen LogP contribution < -0.4 is 10.0 Å². The Bertz CT molecular complexity index is 924. The number of nitrogens with one attached hydrogen (secondary N) is 2. The van der Waals surface area contributed by atoms with Crippen LogP contribution >= 0.6 is 11.8 Å². The molecule has 2 aromatic rings. The lowest BCUT2D eigenvalue weighted by atomic mass is 10.0. The van der Waals surface area contributed by atoms with Gasteiger partial charge in [-0.3, -0.25) is 4.79 Å². The van der Waals surface area contributed by atoms with Gasteiger partial charge in [0, 0.05) is 17.9 Å². The van der Waals surface area contributed by atoms with Crippen LogP contribution in [0.1, 0.15) is 36.6 Å². The summed E-state index contributed by atoms with van der Waals surface area (Å²) in [6.45, 7) is 7.23. The van der Waals surface area contributed by atoms with E-state index in [0.29, 0.717) is 5.69 Å². The second kappa shape index (κ2) is 8.24. The van der Waals surface area contributed by atoms with Gasteiger partial charge in [-0.15, -0.1) is 11.8 Å². The Morgan fingerprint density at radius 3 is 2.35 bits per heavy atom. The molecule has 2 N–H and O–H groups in total. The molecule has 0 saturated carbocycles. The van der Waals surface area contributed by atoms with Gasteiger partial charge in [0.1, 0.15) is 0 Å². The van der Waals surface area contributed by atoms with Crippen LogP contribution in [0, 0.1) is 13.8 Å². The van der Waals surface area contributed by atoms with E-state index in [1.165, 1.54) is 24.8 Å². The van der Waals surface area contributed by atoms with Crippen LogP contribution in [0.15, 0.2) is 46.2 Å². The normalized spacial score (nSPS) is 12.7. The van der Waals surface area contributed by atoms with Crippen molar-refractivity contribution in [2.75, 3.05) is 11.6 Å². The molecule has 0 saturated heterocycles. The molecular weight excluding hydrogens is 368 g/mol. The zero-order chi connectivity index (χ0) is 19.5. The number of thioether (sulfide) groups is 1. The van der Waals surface area contributed by atoms with Crippen molar-refractivity contribution in [3.8, 4) is 0 Å². The quantitative estimate of drug-likeness (QED) is 0.728. The molecule has 7 heteroatoms. The lowest BCUT2D eigenvalue weighted by Gasteiger charge is -2.17. The fourth-order valence-electron chi connectivity index (χ4n) is 2.54. The summed E-state index contributed by atoms with van der Waals surface area (Å²) in [4.78, 5) is 12.3. The number of amides is 1. The highest BCUT2D eigenvalue weighted by Crippen LogP contribution is 2.29. The fraction of sp³-hybridized carbons (Fsp3) is 0.316. The van der Waals surface area contributed by atoms with Crippen LogP contribution in [0.25, 0.3) is 0 Å². The predicted octanol–water partition coefficient (Wildman–Crippen LogP) is 4.02. The molecule has 1 amide bonds. The summed E-state index contributed by atoms with van der Waals surface area (Å²) in [6.07, 6.45) is 1.87. The number of hydrogen-bond acceptors (Lipinski definition) is 4. The van der Waals surface area contributed by atoms with Crippen molar-refractivity contribution in [3.05, 3.63) is 53.1 Å². The molecule has 5 nitrogen and oxygen atoms in total. The summed E-state index contributed by atoms with van der Waals surface area (Å²) in [5.74, 6) is -0.244. The van der Waals surface area contributed by atoms with Crippen molar-refractivity contribution >= 4 is 33.4 Å². The summed E-state index contributed by atoms with van der Waals surface area (Å²) in [6, 6.07) is 10.3. The molecule has 0 bridgehead atoms. The molecule has 0 heterocycles. The Hall–Kier alpha value is -1.83. The number of anilines is 1. The van der Waals surface area contributed by atoms with E-state index in [1.807, 2.05) is 45.2 Å². The number of carbonyl (C=O) groups excluding carboxylic acids is 1. The fourth-order valence-corrected chi connectivity index (χ4v) is 4.34. The van der Waals surface area contributed by atoms with Gasteiger partial charge in [0.2, 0.25) is 15.9 Å². The van der Waals surface area contributed by atoms with Gasteiger partial charge in [-0.25, -0.2) is 13.1 Å². The van der Waals surface area contributed by atoms with Gasteiger partial charge in [0.15, 0.2) is 0 Å². The molecular formula is C19H24N2O3S2. The minimum atomic E-state index is -3.72. The van der Waals surface area contributed by atoms with E-state index in [0.717, 1.165) is 21.6 Å². The van der Waals surface area contributed by atoms with Crippen LogP contribution in [-0.2, 0) is 14.8 Å². The third kappa shape index (κ3) is 4.87. The van der Waals surface area contributed by atoms with Crippen molar-refractivity contribution in [2.45, 2.75) is 43.5 Å². The van der Waals surface area contributed by atoms with Crippen molar-refractivity contribution in [3.63, 3.8) is 0 Å². The van der Waals surface area contributed by atoms with Crippen LogP contribution in [0.3, 0.4) is 0 Å². The van der Waals surface area contributed by atoms with Gasteiger partial charge in [0.25, 0.3) is 0 Å². The van der Waals surface area contributed by atoms with E-state index in [4.69, 9.17) is 0 Å². The molecule has 0 unspecified atom stereocenters. The van der Waals surface area contributed by atoms with Gasteiger partial charge in [-0.05, 0) is 61.9 Å². The lowest BCUT2D eigenvalue weighted by Crippen LogP contribution is -2.27. The molecule has 2 rings (SSSR count). The molecule has 0 aliphatic rings. The maximum absolute atomic E-state index is 12.8. The van der Waals surface area contributed by atoms with Crippen LogP contribution in [0.2, 0.25) is 0 Å². The maximum atomic E-state index is 12.8. The number of aryl methyl sites for hydroxylation is 2. The third-order valence-electron chi connectivity index (χ3n) is 4.15. The molecule has 0 spiro atoms. The van der Waals surface area contributed by atoms with Crippen molar-refractivity contribution in [1.29, 1.82) is 0 Å². The lowest BCUT2D eigenvalue weighted by molar-refractivity contribution is -0.114. The van der Waals surface area contributed by atoms with Crippen LogP contribution in [0.5, 0.6) is 0 Å². The first-order valence-electron chi connectivity index (χ1n) is 8.19. The predicted molar refractivity (Wildman–Crippen MR) is 107 cm³/mol. The summed E-state index contributed by atoms with van der Waals surface area (Å²) in [5.41, 5.74) is 3.67. The van der Waals surface area contributed by atoms with E-state index in [9.17, 15) is 13.2 Å². The summed E-state index contributed by atoms with van der Waals surface area (Å²) < 4.78 is 28.3. The minimum Gasteiger partial charge on any atom is -0.325 e. The minimum absolute atomic E-state index is 0.120. The monoisotopic (exact) mass is 392 g/mol. The first-order valence-corrected chi connectivity index (χ1v) is 10.9. The van der Waals surface area contributed by atoms with E-state index < -0.39 is 10.0 Å². The Kier molecular flexibility index (Phi) is 6.49. The molecule has 26 heavy (non-hydrogen) atoms.